The highest BCUT2D eigenvalue weighted by Crippen LogP contribution is 2.39. The molecule has 0 heterocycles. The zero-order chi connectivity index (χ0) is 21.4. The molecule has 162 valence electrons. The number of alkyl halides is 1. The van der Waals surface area contributed by atoms with Gasteiger partial charge in [-0.15, -0.1) is 11.6 Å². The van der Waals surface area contributed by atoms with Crippen molar-refractivity contribution in [3.05, 3.63) is 40.4 Å². The summed E-state index contributed by atoms with van der Waals surface area (Å²) in [4.78, 5) is 11.4. The summed E-state index contributed by atoms with van der Waals surface area (Å²) < 4.78 is 10.8. The third kappa shape index (κ3) is 7.18. The van der Waals surface area contributed by atoms with Gasteiger partial charge in [-0.3, -0.25) is 4.79 Å². The van der Waals surface area contributed by atoms with Gasteiger partial charge in [0, 0.05) is 22.7 Å². The number of carbonyl (C=O) groups is 1. The number of ether oxygens (including phenoxy) is 2. The normalized spacial score (nSPS) is 24.2. The molecule has 1 aromatic rings. The number of aliphatic hydroxyl groups is 2. The summed E-state index contributed by atoms with van der Waals surface area (Å²) in [5.74, 6) is 0.451. The number of hydrogen-bond acceptors (Lipinski definition) is 5. The molecule has 0 radical (unpaired) electrons. The first-order valence-electron chi connectivity index (χ1n) is 9.96. The Morgan fingerprint density at radius 3 is 2.59 bits per heavy atom. The number of esters is 1. The van der Waals surface area contributed by atoms with E-state index in [4.69, 9.17) is 37.8 Å². The highest BCUT2D eigenvalue weighted by Gasteiger charge is 2.41. The number of carbonyl (C=O) groups excluding carboxylic acids is 1. The quantitative estimate of drug-likeness (QED) is 0.321. The van der Waals surface area contributed by atoms with E-state index in [9.17, 15) is 9.90 Å². The van der Waals surface area contributed by atoms with Gasteiger partial charge in [0.2, 0.25) is 0 Å². The van der Waals surface area contributed by atoms with Crippen LogP contribution in [0.4, 0.5) is 0 Å². The minimum Gasteiger partial charge on any atom is -0.493 e. The van der Waals surface area contributed by atoms with Gasteiger partial charge < -0.3 is 19.7 Å². The average Bonchev–Trinajstić information content (AvgIpc) is 2.94. The van der Waals surface area contributed by atoms with Crippen LogP contribution in [0.2, 0.25) is 5.02 Å². The number of benzene rings is 1. The Morgan fingerprint density at radius 2 is 1.93 bits per heavy atom. The van der Waals surface area contributed by atoms with Gasteiger partial charge in [0.25, 0.3) is 0 Å². The molecule has 1 saturated carbocycles. The fraction of sp³-hybridized carbons (Fsp3) is 0.591. The smallest absolute Gasteiger partial charge is 0.306 e. The van der Waals surface area contributed by atoms with Crippen LogP contribution >= 0.6 is 23.2 Å². The van der Waals surface area contributed by atoms with E-state index in [1.54, 1.807) is 0 Å². The van der Waals surface area contributed by atoms with Crippen LogP contribution in [0.3, 0.4) is 0 Å². The van der Waals surface area contributed by atoms with Crippen molar-refractivity contribution in [2.75, 3.05) is 19.8 Å². The standard InChI is InChI=1S/C22H30Cl2O5/c1-14-10-16(11-15(2)22(14)24)29-13-18-17(19(23)12-20(18)26)6-4-3-5-7-21(27)28-9-8-25/h3-4,10-11,17-20,25-26H,5-9,12-13H2,1-2H3/b4-3-/t17-,18-,19-,20-/m1/s1. The van der Waals surface area contributed by atoms with Crippen molar-refractivity contribution in [3.63, 3.8) is 0 Å². The van der Waals surface area contributed by atoms with Crippen LogP contribution in [-0.4, -0.2) is 47.5 Å². The first-order chi connectivity index (χ1) is 13.8. The number of rotatable bonds is 10. The first kappa shape index (κ1) is 24.0. The summed E-state index contributed by atoms with van der Waals surface area (Å²) >= 11 is 12.7. The molecule has 0 unspecified atom stereocenters. The second-order valence-electron chi connectivity index (χ2n) is 7.52. The number of aliphatic hydroxyl groups excluding tert-OH is 2. The van der Waals surface area contributed by atoms with Crippen LogP contribution in [0, 0.1) is 25.7 Å². The minimum absolute atomic E-state index is 0.0325. The molecular formula is C22H30Cl2O5. The maximum absolute atomic E-state index is 11.4. The fourth-order valence-corrected chi connectivity index (χ4v) is 4.26. The molecule has 2 rings (SSSR count). The summed E-state index contributed by atoms with van der Waals surface area (Å²) in [5, 5.41) is 19.7. The molecule has 1 fully saturated rings. The van der Waals surface area contributed by atoms with Crippen molar-refractivity contribution in [1.82, 2.24) is 0 Å². The van der Waals surface area contributed by atoms with Crippen LogP contribution in [0.15, 0.2) is 24.3 Å². The van der Waals surface area contributed by atoms with Gasteiger partial charge in [-0.2, -0.15) is 0 Å². The predicted molar refractivity (Wildman–Crippen MR) is 115 cm³/mol. The molecule has 1 aromatic carbocycles. The van der Waals surface area contributed by atoms with Crippen molar-refractivity contribution in [3.8, 4) is 5.75 Å². The summed E-state index contributed by atoms with van der Waals surface area (Å²) in [6.45, 7) is 4.13. The molecule has 29 heavy (non-hydrogen) atoms. The van der Waals surface area contributed by atoms with Crippen LogP contribution in [0.5, 0.6) is 5.75 Å². The van der Waals surface area contributed by atoms with Gasteiger partial charge >= 0.3 is 5.97 Å². The van der Waals surface area contributed by atoms with E-state index in [1.807, 2.05) is 38.1 Å². The zero-order valence-corrected chi connectivity index (χ0v) is 18.5. The van der Waals surface area contributed by atoms with E-state index in [-0.39, 0.29) is 42.8 Å². The summed E-state index contributed by atoms with van der Waals surface area (Å²) in [5.41, 5.74) is 1.92. The maximum Gasteiger partial charge on any atom is 0.306 e. The summed E-state index contributed by atoms with van der Waals surface area (Å²) in [6.07, 6.45) is 5.52. The monoisotopic (exact) mass is 444 g/mol. The van der Waals surface area contributed by atoms with E-state index in [2.05, 4.69) is 0 Å². The summed E-state index contributed by atoms with van der Waals surface area (Å²) in [7, 11) is 0. The number of hydrogen-bond donors (Lipinski definition) is 2. The molecule has 0 amide bonds. The Hall–Kier alpha value is -1.27. The van der Waals surface area contributed by atoms with E-state index in [0.29, 0.717) is 25.9 Å². The molecule has 0 aromatic heterocycles. The topological polar surface area (TPSA) is 76.0 Å². The van der Waals surface area contributed by atoms with Gasteiger partial charge in [0.15, 0.2) is 0 Å². The minimum atomic E-state index is -0.501. The van der Waals surface area contributed by atoms with Gasteiger partial charge in [0.1, 0.15) is 12.4 Å². The third-order valence-electron chi connectivity index (χ3n) is 5.27. The van der Waals surface area contributed by atoms with Crippen molar-refractivity contribution < 1.29 is 24.5 Å². The van der Waals surface area contributed by atoms with E-state index in [0.717, 1.165) is 21.9 Å². The van der Waals surface area contributed by atoms with Crippen molar-refractivity contribution in [1.29, 1.82) is 0 Å². The second kappa shape index (κ2) is 11.8. The predicted octanol–water partition coefficient (Wildman–Crippen LogP) is 4.20. The number of aryl methyl sites for hydroxylation is 2. The third-order valence-corrected chi connectivity index (χ3v) is 6.37. The zero-order valence-electron chi connectivity index (χ0n) is 16.9. The Kier molecular flexibility index (Phi) is 9.76. The molecule has 0 saturated heterocycles. The Balaban J connectivity index is 1.86. The highest BCUT2D eigenvalue weighted by molar-refractivity contribution is 6.32. The maximum atomic E-state index is 11.4. The molecule has 2 N–H and O–H groups in total. The van der Waals surface area contributed by atoms with Gasteiger partial charge in [-0.1, -0.05) is 23.8 Å². The SMILES string of the molecule is Cc1cc(OC[C@@H]2[C@@H](C/C=C\CCC(=O)OCCO)[C@H](Cl)C[C@H]2O)cc(C)c1Cl. The molecule has 0 spiro atoms. The van der Waals surface area contributed by atoms with Crippen molar-refractivity contribution in [2.24, 2.45) is 11.8 Å². The van der Waals surface area contributed by atoms with Gasteiger partial charge in [-0.25, -0.2) is 0 Å². The molecule has 4 atom stereocenters. The Labute approximate surface area is 182 Å². The molecular weight excluding hydrogens is 415 g/mol. The molecule has 1 aliphatic carbocycles. The Morgan fingerprint density at radius 1 is 1.24 bits per heavy atom. The first-order valence-corrected chi connectivity index (χ1v) is 10.8. The lowest BCUT2D eigenvalue weighted by Crippen LogP contribution is -2.27. The van der Waals surface area contributed by atoms with E-state index >= 15 is 0 Å². The second-order valence-corrected chi connectivity index (χ2v) is 8.46. The molecule has 7 heteroatoms. The lowest BCUT2D eigenvalue weighted by atomic mass is 9.92. The molecule has 1 aliphatic rings. The number of halogens is 2. The molecule has 0 bridgehead atoms. The lowest BCUT2D eigenvalue weighted by Gasteiger charge is -2.23. The van der Waals surface area contributed by atoms with E-state index in [1.165, 1.54) is 0 Å². The Bertz CT molecular complexity index is 683. The van der Waals surface area contributed by atoms with Gasteiger partial charge in [0.05, 0.1) is 19.3 Å². The van der Waals surface area contributed by atoms with Crippen molar-refractivity contribution >= 4 is 29.2 Å². The summed E-state index contributed by atoms with van der Waals surface area (Å²) in [6, 6.07) is 3.80. The van der Waals surface area contributed by atoms with Gasteiger partial charge in [-0.05, 0) is 62.3 Å². The average molecular weight is 445 g/mol. The van der Waals surface area contributed by atoms with Crippen LogP contribution in [-0.2, 0) is 9.53 Å². The van der Waals surface area contributed by atoms with Crippen molar-refractivity contribution in [2.45, 2.75) is 51.0 Å². The van der Waals surface area contributed by atoms with Crippen LogP contribution in [0.25, 0.3) is 0 Å². The van der Waals surface area contributed by atoms with E-state index < -0.39 is 6.10 Å². The fourth-order valence-electron chi connectivity index (χ4n) is 3.68. The molecule has 5 nitrogen and oxygen atoms in total. The van der Waals surface area contributed by atoms with Crippen LogP contribution < -0.4 is 4.74 Å². The largest absolute Gasteiger partial charge is 0.493 e. The highest BCUT2D eigenvalue weighted by atomic mass is 35.5. The molecule has 0 aliphatic heterocycles. The lowest BCUT2D eigenvalue weighted by molar-refractivity contribution is -0.144. The van der Waals surface area contributed by atoms with Crippen LogP contribution in [0.1, 0.15) is 36.8 Å². The number of allylic oxidation sites excluding steroid dienone is 2.